The Hall–Kier alpha value is -1.39. The van der Waals surface area contributed by atoms with E-state index in [0.717, 1.165) is 10.0 Å². The zero-order chi connectivity index (χ0) is 13.0. The minimum atomic E-state index is -0.165. The molecule has 0 saturated heterocycles. The summed E-state index contributed by atoms with van der Waals surface area (Å²) in [6, 6.07) is 8.83. The van der Waals surface area contributed by atoms with Crippen LogP contribution in [0.25, 0.3) is 0 Å². The number of amides is 1. The lowest BCUT2D eigenvalue weighted by atomic mass is 10.2. The topological polar surface area (TPSA) is 42.0 Å². The Balaban J connectivity index is 2.04. The second-order valence-electron chi connectivity index (χ2n) is 3.70. The molecule has 18 heavy (non-hydrogen) atoms. The fourth-order valence-corrected chi connectivity index (χ4v) is 2.33. The van der Waals surface area contributed by atoms with Crippen LogP contribution in [-0.2, 0) is 6.54 Å². The number of hydrogen-bond acceptors (Lipinski definition) is 2. The van der Waals surface area contributed by atoms with Crippen molar-refractivity contribution in [3.63, 3.8) is 0 Å². The number of nitrogens with one attached hydrogen (secondary N) is 1. The van der Waals surface area contributed by atoms with Gasteiger partial charge in [0, 0.05) is 34.0 Å². The van der Waals surface area contributed by atoms with Gasteiger partial charge in [-0.25, -0.2) is 0 Å². The molecule has 5 heteroatoms. The summed E-state index contributed by atoms with van der Waals surface area (Å²) in [5, 5.41) is 3.34. The Morgan fingerprint density at radius 3 is 2.89 bits per heavy atom. The van der Waals surface area contributed by atoms with E-state index in [0.29, 0.717) is 17.1 Å². The van der Waals surface area contributed by atoms with Crippen molar-refractivity contribution in [2.24, 2.45) is 0 Å². The largest absolute Gasteiger partial charge is 0.348 e. The molecular formula is C13H10BrClN2O. The average molecular weight is 326 g/mol. The van der Waals surface area contributed by atoms with Crippen LogP contribution in [0, 0.1) is 0 Å². The molecular weight excluding hydrogens is 316 g/mol. The molecule has 0 bridgehead atoms. The molecule has 1 aromatic carbocycles. The monoisotopic (exact) mass is 324 g/mol. The zero-order valence-electron chi connectivity index (χ0n) is 9.36. The first kappa shape index (κ1) is 13.1. The highest BCUT2D eigenvalue weighted by atomic mass is 79.9. The molecule has 0 spiro atoms. The number of pyridine rings is 1. The van der Waals surface area contributed by atoms with E-state index in [4.69, 9.17) is 11.6 Å². The SMILES string of the molecule is O=C(NCc1cccnc1)c1cc(Cl)cc(Br)c1. The van der Waals surface area contributed by atoms with Gasteiger partial charge in [0.15, 0.2) is 0 Å². The number of hydrogen-bond donors (Lipinski definition) is 1. The number of aromatic nitrogens is 1. The minimum Gasteiger partial charge on any atom is -0.348 e. The van der Waals surface area contributed by atoms with E-state index in [1.165, 1.54) is 0 Å². The van der Waals surface area contributed by atoms with Crippen molar-refractivity contribution in [1.82, 2.24) is 10.3 Å². The van der Waals surface area contributed by atoms with Gasteiger partial charge in [0.1, 0.15) is 0 Å². The van der Waals surface area contributed by atoms with Crippen LogP contribution in [0.1, 0.15) is 15.9 Å². The summed E-state index contributed by atoms with van der Waals surface area (Å²) in [5.74, 6) is -0.165. The summed E-state index contributed by atoms with van der Waals surface area (Å²) in [6.07, 6.45) is 3.41. The number of benzene rings is 1. The highest BCUT2D eigenvalue weighted by Gasteiger charge is 2.07. The Bertz CT molecular complexity index is 540. The lowest BCUT2D eigenvalue weighted by Crippen LogP contribution is -2.22. The summed E-state index contributed by atoms with van der Waals surface area (Å²) < 4.78 is 0.779. The molecule has 0 aliphatic carbocycles. The predicted molar refractivity (Wildman–Crippen MR) is 74.6 cm³/mol. The van der Waals surface area contributed by atoms with Crippen molar-refractivity contribution in [3.05, 3.63) is 63.3 Å². The van der Waals surface area contributed by atoms with E-state index in [1.54, 1.807) is 30.6 Å². The van der Waals surface area contributed by atoms with Crippen molar-refractivity contribution >= 4 is 33.4 Å². The van der Waals surface area contributed by atoms with E-state index >= 15 is 0 Å². The predicted octanol–water partition coefficient (Wildman–Crippen LogP) is 3.43. The number of rotatable bonds is 3. The second-order valence-corrected chi connectivity index (χ2v) is 5.05. The standard InChI is InChI=1S/C13H10BrClN2O/c14-11-4-10(5-12(15)6-11)13(18)17-8-9-2-1-3-16-7-9/h1-7H,8H2,(H,17,18). The second kappa shape index (κ2) is 5.98. The molecule has 1 amide bonds. The van der Waals surface area contributed by atoms with E-state index in [1.807, 2.05) is 12.1 Å². The molecule has 2 aromatic rings. The molecule has 0 fully saturated rings. The quantitative estimate of drug-likeness (QED) is 0.939. The molecule has 1 heterocycles. The normalized spacial score (nSPS) is 10.1. The molecule has 0 atom stereocenters. The van der Waals surface area contributed by atoms with Crippen LogP contribution in [-0.4, -0.2) is 10.9 Å². The summed E-state index contributed by atoms with van der Waals surface area (Å²) in [4.78, 5) is 15.9. The van der Waals surface area contributed by atoms with Crippen LogP contribution in [0.4, 0.5) is 0 Å². The van der Waals surface area contributed by atoms with Gasteiger partial charge in [-0.05, 0) is 29.8 Å². The summed E-state index contributed by atoms with van der Waals surface area (Å²) in [6.45, 7) is 0.441. The van der Waals surface area contributed by atoms with E-state index in [-0.39, 0.29) is 5.91 Å². The van der Waals surface area contributed by atoms with Gasteiger partial charge >= 0.3 is 0 Å². The molecule has 0 radical (unpaired) electrons. The van der Waals surface area contributed by atoms with Gasteiger partial charge in [-0.3, -0.25) is 9.78 Å². The van der Waals surface area contributed by atoms with E-state index in [2.05, 4.69) is 26.2 Å². The van der Waals surface area contributed by atoms with Crippen molar-refractivity contribution in [1.29, 1.82) is 0 Å². The smallest absolute Gasteiger partial charge is 0.251 e. The van der Waals surface area contributed by atoms with Gasteiger partial charge in [0.2, 0.25) is 0 Å². The number of carbonyl (C=O) groups excluding carboxylic acids is 1. The molecule has 0 aliphatic rings. The molecule has 92 valence electrons. The van der Waals surface area contributed by atoms with Gasteiger partial charge in [-0.2, -0.15) is 0 Å². The lowest BCUT2D eigenvalue weighted by Gasteiger charge is -2.06. The minimum absolute atomic E-state index is 0.165. The van der Waals surface area contributed by atoms with Crippen LogP contribution < -0.4 is 5.32 Å². The van der Waals surface area contributed by atoms with Crippen molar-refractivity contribution < 1.29 is 4.79 Å². The highest BCUT2D eigenvalue weighted by molar-refractivity contribution is 9.10. The Morgan fingerprint density at radius 1 is 1.39 bits per heavy atom. The summed E-state index contributed by atoms with van der Waals surface area (Å²) in [5.41, 5.74) is 1.48. The highest BCUT2D eigenvalue weighted by Crippen LogP contribution is 2.19. The van der Waals surface area contributed by atoms with Crippen molar-refractivity contribution in [2.75, 3.05) is 0 Å². The maximum absolute atomic E-state index is 11.9. The van der Waals surface area contributed by atoms with Crippen LogP contribution >= 0.6 is 27.5 Å². The van der Waals surface area contributed by atoms with Gasteiger partial charge in [-0.15, -0.1) is 0 Å². The van der Waals surface area contributed by atoms with Crippen LogP contribution in [0.5, 0.6) is 0 Å². The number of halogens is 2. The lowest BCUT2D eigenvalue weighted by molar-refractivity contribution is 0.0951. The van der Waals surface area contributed by atoms with Gasteiger partial charge in [-0.1, -0.05) is 33.6 Å². The molecule has 0 unspecified atom stereocenters. The Labute approximate surface area is 118 Å². The zero-order valence-corrected chi connectivity index (χ0v) is 11.7. The molecule has 0 aliphatic heterocycles. The van der Waals surface area contributed by atoms with Gasteiger partial charge in [0.05, 0.1) is 0 Å². The van der Waals surface area contributed by atoms with Crippen LogP contribution in [0.2, 0.25) is 5.02 Å². The molecule has 1 aromatic heterocycles. The third-order valence-corrected chi connectivity index (χ3v) is 2.98. The first-order valence-electron chi connectivity index (χ1n) is 5.28. The molecule has 2 rings (SSSR count). The maximum Gasteiger partial charge on any atom is 0.251 e. The third-order valence-electron chi connectivity index (χ3n) is 2.30. The summed E-state index contributed by atoms with van der Waals surface area (Å²) >= 11 is 9.19. The molecule has 3 nitrogen and oxygen atoms in total. The average Bonchev–Trinajstić information content (AvgIpc) is 2.36. The summed E-state index contributed by atoms with van der Waals surface area (Å²) in [7, 11) is 0. The third kappa shape index (κ3) is 3.55. The number of carbonyl (C=O) groups is 1. The van der Waals surface area contributed by atoms with Crippen molar-refractivity contribution in [3.8, 4) is 0 Å². The van der Waals surface area contributed by atoms with Crippen LogP contribution in [0.3, 0.4) is 0 Å². The van der Waals surface area contributed by atoms with E-state index < -0.39 is 0 Å². The maximum atomic E-state index is 11.9. The molecule has 1 N–H and O–H groups in total. The molecule has 0 saturated carbocycles. The van der Waals surface area contributed by atoms with Crippen molar-refractivity contribution in [2.45, 2.75) is 6.54 Å². The van der Waals surface area contributed by atoms with Crippen LogP contribution in [0.15, 0.2) is 47.2 Å². The van der Waals surface area contributed by atoms with Gasteiger partial charge in [0.25, 0.3) is 5.91 Å². The Kier molecular flexibility index (Phi) is 4.33. The van der Waals surface area contributed by atoms with Gasteiger partial charge < -0.3 is 5.32 Å². The number of nitrogens with zero attached hydrogens (tertiary/aromatic N) is 1. The fourth-order valence-electron chi connectivity index (χ4n) is 1.47. The fraction of sp³-hybridized carbons (Fsp3) is 0.0769. The first-order valence-corrected chi connectivity index (χ1v) is 6.45. The van der Waals surface area contributed by atoms with E-state index in [9.17, 15) is 4.79 Å². The Morgan fingerprint density at radius 2 is 2.22 bits per heavy atom. The first-order chi connectivity index (χ1) is 8.65.